The van der Waals surface area contributed by atoms with E-state index >= 15 is 0 Å². The van der Waals surface area contributed by atoms with Crippen LogP contribution in [-0.4, -0.2) is 39.8 Å². The first-order valence-electron chi connectivity index (χ1n) is 7.90. The van der Waals surface area contributed by atoms with Crippen molar-refractivity contribution >= 4 is 0 Å². The maximum absolute atomic E-state index is 11.9. The number of para-hydroxylation sites is 1. The van der Waals surface area contributed by atoms with Crippen molar-refractivity contribution < 1.29 is 19.3 Å². The minimum Gasteiger partial charge on any atom is -0.468 e. The van der Waals surface area contributed by atoms with E-state index in [1.54, 1.807) is 6.92 Å². The monoisotopic (exact) mass is 348 g/mol. The van der Waals surface area contributed by atoms with Crippen molar-refractivity contribution in [1.82, 2.24) is 9.55 Å². The van der Waals surface area contributed by atoms with Gasteiger partial charge in [0.15, 0.2) is 13.0 Å². The van der Waals surface area contributed by atoms with Gasteiger partial charge in [0, 0.05) is 18.7 Å². The first kappa shape index (κ1) is 17.4. The summed E-state index contributed by atoms with van der Waals surface area (Å²) in [5.41, 5.74) is -2.40. The molecule has 3 rings (SSSR count). The van der Waals surface area contributed by atoms with E-state index < -0.39 is 29.2 Å². The number of ether oxygens (including phenoxy) is 3. The van der Waals surface area contributed by atoms with Crippen LogP contribution in [-0.2, 0) is 9.47 Å². The lowest BCUT2D eigenvalue weighted by Gasteiger charge is -2.24. The number of hydrogen-bond donors (Lipinski definition) is 2. The molecule has 0 spiro atoms. The summed E-state index contributed by atoms with van der Waals surface area (Å²) in [6.07, 6.45) is 0.287. The minimum absolute atomic E-state index is 0.0509. The molecule has 0 saturated carbocycles. The predicted octanol–water partition coefficient (Wildman–Crippen LogP) is 0.628. The van der Waals surface area contributed by atoms with Crippen molar-refractivity contribution in [3.05, 3.63) is 63.4 Å². The molecule has 2 aromatic rings. The smallest absolute Gasteiger partial charge is 0.330 e. The SMILES string of the molecule is C[C@@]1(O)C[C@@H](COCOc2ccccc2)O[C@H]1n1ccc(=O)[nH]c1=O. The van der Waals surface area contributed by atoms with Gasteiger partial charge in [-0.3, -0.25) is 14.3 Å². The van der Waals surface area contributed by atoms with Crippen LogP contribution in [0.2, 0.25) is 0 Å². The third-order valence-corrected chi connectivity index (χ3v) is 3.95. The highest BCUT2D eigenvalue weighted by molar-refractivity contribution is 5.20. The maximum Gasteiger partial charge on any atom is 0.330 e. The molecule has 1 aliphatic heterocycles. The average molecular weight is 348 g/mol. The second-order valence-electron chi connectivity index (χ2n) is 6.14. The number of H-pyrrole nitrogens is 1. The second-order valence-corrected chi connectivity index (χ2v) is 6.14. The Morgan fingerprint density at radius 2 is 2.08 bits per heavy atom. The van der Waals surface area contributed by atoms with E-state index in [4.69, 9.17) is 14.2 Å². The number of rotatable bonds is 6. The number of aliphatic hydroxyl groups is 1. The van der Waals surface area contributed by atoms with Crippen LogP contribution in [0.3, 0.4) is 0 Å². The van der Waals surface area contributed by atoms with Crippen LogP contribution in [0.4, 0.5) is 0 Å². The Bertz CT molecular complexity index is 814. The van der Waals surface area contributed by atoms with Gasteiger partial charge in [0.05, 0.1) is 12.7 Å². The molecule has 8 nitrogen and oxygen atoms in total. The molecule has 0 bridgehead atoms. The Balaban J connectivity index is 1.56. The Kier molecular flexibility index (Phi) is 5.03. The summed E-state index contributed by atoms with van der Waals surface area (Å²) < 4.78 is 17.8. The van der Waals surface area contributed by atoms with Crippen LogP contribution in [0.25, 0.3) is 0 Å². The number of aromatic amines is 1. The number of aromatic nitrogens is 2. The van der Waals surface area contributed by atoms with Crippen molar-refractivity contribution in [2.75, 3.05) is 13.4 Å². The molecule has 2 N–H and O–H groups in total. The zero-order valence-electron chi connectivity index (χ0n) is 13.8. The van der Waals surface area contributed by atoms with Gasteiger partial charge < -0.3 is 19.3 Å². The zero-order valence-corrected chi connectivity index (χ0v) is 13.8. The van der Waals surface area contributed by atoms with Gasteiger partial charge in [0.1, 0.15) is 11.4 Å². The molecule has 25 heavy (non-hydrogen) atoms. The summed E-state index contributed by atoms with van der Waals surface area (Å²) in [6, 6.07) is 10.5. The summed E-state index contributed by atoms with van der Waals surface area (Å²) in [6.45, 7) is 1.84. The summed E-state index contributed by atoms with van der Waals surface area (Å²) >= 11 is 0. The molecule has 3 atom stereocenters. The van der Waals surface area contributed by atoms with E-state index in [2.05, 4.69) is 4.98 Å². The molecular formula is C17H20N2O6. The fraction of sp³-hybridized carbons (Fsp3) is 0.412. The Labute approximate surface area is 143 Å². The standard InChI is InChI=1S/C17H20N2O6/c1-17(22)9-13(10-23-11-24-12-5-3-2-4-6-12)25-15(17)19-8-7-14(20)18-16(19)21/h2-8,13,15,22H,9-11H2,1H3,(H,18,20,21)/t13-,15+,17+/m0/s1. The number of nitrogens with one attached hydrogen (secondary N) is 1. The van der Waals surface area contributed by atoms with Crippen LogP contribution in [0, 0.1) is 0 Å². The van der Waals surface area contributed by atoms with Crippen LogP contribution < -0.4 is 16.0 Å². The van der Waals surface area contributed by atoms with E-state index in [9.17, 15) is 14.7 Å². The van der Waals surface area contributed by atoms with Crippen LogP contribution in [0.1, 0.15) is 19.6 Å². The van der Waals surface area contributed by atoms with Gasteiger partial charge in [-0.05, 0) is 19.1 Å². The van der Waals surface area contributed by atoms with Crippen molar-refractivity contribution in [2.24, 2.45) is 0 Å². The second kappa shape index (κ2) is 7.22. The molecule has 1 aromatic heterocycles. The molecule has 0 amide bonds. The molecule has 0 radical (unpaired) electrons. The fourth-order valence-electron chi connectivity index (χ4n) is 2.82. The Morgan fingerprint density at radius 1 is 1.32 bits per heavy atom. The third-order valence-electron chi connectivity index (χ3n) is 3.95. The van der Waals surface area contributed by atoms with Gasteiger partial charge in [0.25, 0.3) is 5.56 Å². The predicted molar refractivity (Wildman–Crippen MR) is 88.4 cm³/mol. The number of benzene rings is 1. The highest BCUT2D eigenvalue weighted by Crippen LogP contribution is 2.36. The maximum atomic E-state index is 11.9. The van der Waals surface area contributed by atoms with E-state index in [1.807, 2.05) is 30.3 Å². The molecule has 134 valence electrons. The average Bonchev–Trinajstić information content (AvgIpc) is 2.87. The first-order chi connectivity index (χ1) is 12.0. The lowest BCUT2D eigenvalue weighted by atomic mass is 10.0. The summed E-state index contributed by atoms with van der Waals surface area (Å²) in [4.78, 5) is 25.2. The highest BCUT2D eigenvalue weighted by atomic mass is 16.7. The van der Waals surface area contributed by atoms with E-state index in [0.717, 1.165) is 0 Å². The lowest BCUT2D eigenvalue weighted by Crippen LogP contribution is -2.40. The Morgan fingerprint density at radius 3 is 2.80 bits per heavy atom. The summed E-state index contributed by atoms with van der Waals surface area (Å²) in [5.74, 6) is 0.694. The highest BCUT2D eigenvalue weighted by Gasteiger charge is 2.45. The normalized spacial score (nSPS) is 25.8. The molecule has 2 heterocycles. The lowest BCUT2D eigenvalue weighted by molar-refractivity contribution is -0.102. The Hall–Kier alpha value is -2.42. The number of hydrogen-bond acceptors (Lipinski definition) is 6. The van der Waals surface area contributed by atoms with Gasteiger partial charge >= 0.3 is 5.69 Å². The van der Waals surface area contributed by atoms with Crippen molar-refractivity contribution in [2.45, 2.75) is 31.3 Å². The zero-order chi connectivity index (χ0) is 17.9. The minimum atomic E-state index is -1.27. The largest absolute Gasteiger partial charge is 0.468 e. The van der Waals surface area contributed by atoms with E-state index in [1.165, 1.54) is 16.8 Å². The molecule has 8 heteroatoms. The fourth-order valence-corrected chi connectivity index (χ4v) is 2.82. The molecule has 1 aromatic carbocycles. The topological polar surface area (TPSA) is 103 Å². The first-order valence-corrected chi connectivity index (χ1v) is 7.90. The van der Waals surface area contributed by atoms with Gasteiger partial charge in [0.2, 0.25) is 0 Å². The molecule has 1 saturated heterocycles. The van der Waals surface area contributed by atoms with Crippen LogP contribution >= 0.6 is 0 Å². The van der Waals surface area contributed by atoms with Gasteiger partial charge in [-0.1, -0.05) is 18.2 Å². The molecule has 1 fully saturated rings. The van der Waals surface area contributed by atoms with Gasteiger partial charge in [-0.2, -0.15) is 0 Å². The quantitative estimate of drug-likeness (QED) is 0.586. The van der Waals surface area contributed by atoms with Gasteiger partial charge in [-0.15, -0.1) is 0 Å². The molecular weight excluding hydrogens is 328 g/mol. The summed E-state index contributed by atoms with van der Waals surface area (Å²) in [7, 11) is 0. The van der Waals surface area contributed by atoms with Crippen LogP contribution in [0.15, 0.2) is 52.2 Å². The molecule has 0 aliphatic carbocycles. The van der Waals surface area contributed by atoms with E-state index in [-0.39, 0.29) is 19.8 Å². The van der Waals surface area contributed by atoms with Gasteiger partial charge in [-0.25, -0.2) is 4.79 Å². The molecule has 1 aliphatic rings. The molecule has 0 unspecified atom stereocenters. The van der Waals surface area contributed by atoms with Crippen molar-refractivity contribution in [3.63, 3.8) is 0 Å². The third kappa shape index (κ3) is 4.16. The van der Waals surface area contributed by atoms with E-state index in [0.29, 0.717) is 5.75 Å². The van der Waals surface area contributed by atoms with Crippen molar-refractivity contribution in [3.8, 4) is 5.75 Å². The number of nitrogens with zero attached hydrogens (tertiary/aromatic N) is 1. The van der Waals surface area contributed by atoms with Crippen LogP contribution in [0.5, 0.6) is 5.75 Å². The van der Waals surface area contributed by atoms with Crippen molar-refractivity contribution in [1.29, 1.82) is 0 Å². The summed E-state index contributed by atoms with van der Waals surface area (Å²) in [5, 5.41) is 10.5.